The molecule has 4 fully saturated rings. The first kappa shape index (κ1) is 17.0. The number of piperidine rings is 1. The molecular weight excluding hydrogens is 322 g/mol. The van der Waals surface area contributed by atoms with Gasteiger partial charge in [-0.05, 0) is 51.1 Å². The summed E-state index contributed by atoms with van der Waals surface area (Å²) in [6.07, 6.45) is 5.15. The maximum absolute atomic E-state index is 12.5. The van der Waals surface area contributed by atoms with Crippen molar-refractivity contribution in [2.24, 2.45) is 17.8 Å². The molecule has 2 N–H and O–H groups in total. The smallest absolute Gasteiger partial charge is 0.235 e. The van der Waals surface area contributed by atoms with Gasteiger partial charge in [-0.3, -0.25) is 19.3 Å². The molecule has 4 aliphatic heterocycles. The number of nitrogens with one attached hydrogen (secondary N) is 2. The first-order valence-corrected chi connectivity index (χ1v) is 9.63. The van der Waals surface area contributed by atoms with E-state index in [1.54, 1.807) is 0 Å². The third-order valence-electron chi connectivity index (χ3n) is 6.21. The Morgan fingerprint density at radius 1 is 1.16 bits per heavy atom. The SMILES string of the molecule is O=C(CCN1C(=O)C2C3CCC(O3)C2C1=O)NCCC1CCCNC1. The van der Waals surface area contributed by atoms with Crippen LogP contribution in [0.2, 0.25) is 0 Å². The van der Waals surface area contributed by atoms with Gasteiger partial charge < -0.3 is 15.4 Å². The zero-order valence-electron chi connectivity index (χ0n) is 14.5. The number of carbonyl (C=O) groups is 3. The molecule has 4 saturated heterocycles. The summed E-state index contributed by atoms with van der Waals surface area (Å²) in [6, 6.07) is 0. The van der Waals surface area contributed by atoms with E-state index in [0.29, 0.717) is 12.5 Å². The molecule has 4 rings (SSSR count). The van der Waals surface area contributed by atoms with Gasteiger partial charge >= 0.3 is 0 Å². The summed E-state index contributed by atoms with van der Waals surface area (Å²) >= 11 is 0. The summed E-state index contributed by atoms with van der Waals surface area (Å²) in [6.45, 7) is 2.98. The van der Waals surface area contributed by atoms with Gasteiger partial charge in [0.2, 0.25) is 17.7 Å². The number of hydrogen-bond acceptors (Lipinski definition) is 5. The van der Waals surface area contributed by atoms with Crippen molar-refractivity contribution in [1.82, 2.24) is 15.5 Å². The van der Waals surface area contributed by atoms with E-state index in [4.69, 9.17) is 4.74 Å². The molecule has 5 unspecified atom stereocenters. The minimum absolute atomic E-state index is 0.0827. The van der Waals surface area contributed by atoms with E-state index in [0.717, 1.165) is 32.4 Å². The molecule has 0 radical (unpaired) electrons. The Balaban J connectivity index is 1.21. The van der Waals surface area contributed by atoms with Crippen LogP contribution in [0.3, 0.4) is 0 Å². The lowest BCUT2D eigenvalue weighted by atomic mass is 9.81. The molecule has 138 valence electrons. The Kier molecular flexibility index (Phi) is 4.78. The zero-order chi connectivity index (χ0) is 17.4. The van der Waals surface area contributed by atoms with Crippen LogP contribution in [-0.4, -0.2) is 61.0 Å². The molecule has 2 bridgehead atoms. The van der Waals surface area contributed by atoms with E-state index in [9.17, 15) is 14.4 Å². The largest absolute Gasteiger partial charge is 0.373 e. The van der Waals surface area contributed by atoms with Crippen molar-refractivity contribution >= 4 is 17.7 Å². The highest BCUT2D eigenvalue weighted by Crippen LogP contribution is 2.48. The summed E-state index contributed by atoms with van der Waals surface area (Å²) in [5.41, 5.74) is 0. The molecule has 0 spiro atoms. The van der Waals surface area contributed by atoms with Gasteiger partial charge in [-0.15, -0.1) is 0 Å². The molecular formula is C18H27N3O4. The van der Waals surface area contributed by atoms with Gasteiger partial charge in [0.25, 0.3) is 0 Å². The van der Waals surface area contributed by atoms with Crippen molar-refractivity contribution in [3.05, 3.63) is 0 Å². The van der Waals surface area contributed by atoms with Gasteiger partial charge in [0.15, 0.2) is 0 Å². The van der Waals surface area contributed by atoms with Crippen molar-refractivity contribution in [1.29, 1.82) is 0 Å². The lowest BCUT2D eigenvalue weighted by Gasteiger charge is -2.22. The second kappa shape index (κ2) is 7.03. The van der Waals surface area contributed by atoms with Gasteiger partial charge in [0.1, 0.15) is 0 Å². The van der Waals surface area contributed by atoms with Crippen LogP contribution in [0.5, 0.6) is 0 Å². The number of rotatable bonds is 6. The minimum Gasteiger partial charge on any atom is -0.373 e. The summed E-state index contributed by atoms with van der Waals surface area (Å²) in [4.78, 5) is 38.4. The summed E-state index contributed by atoms with van der Waals surface area (Å²) in [5, 5.41) is 6.29. The van der Waals surface area contributed by atoms with E-state index in [1.807, 2.05) is 0 Å². The van der Waals surface area contributed by atoms with Crippen LogP contribution in [0, 0.1) is 17.8 Å². The molecule has 4 heterocycles. The van der Waals surface area contributed by atoms with Gasteiger partial charge in [0.05, 0.1) is 24.0 Å². The Hall–Kier alpha value is -1.47. The highest BCUT2D eigenvalue weighted by atomic mass is 16.5. The molecule has 4 aliphatic rings. The second-order valence-corrected chi connectivity index (χ2v) is 7.77. The number of fused-ring (bicyclic) bond motifs is 5. The highest BCUT2D eigenvalue weighted by molar-refractivity contribution is 6.06. The zero-order valence-corrected chi connectivity index (χ0v) is 14.5. The van der Waals surface area contributed by atoms with Gasteiger partial charge in [-0.1, -0.05) is 0 Å². The molecule has 7 heteroatoms. The molecule has 0 aliphatic carbocycles. The number of imide groups is 1. The lowest BCUT2D eigenvalue weighted by Crippen LogP contribution is -2.38. The monoisotopic (exact) mass is 349 g/mol. The van der Waals surface area contributed by atoms with Crippen molar-refractivity contribution in [2.45, 2.75) is 50.7 Å². The standard InChI is InChI=1S/C18H27N3O4/c22-14(20-8-5-11-2-1-7-19-10-11)6-9-21-17(23)15-12-3-4-13(25-12)16(15)18(21)24/h11-13,15-16,19H,1-10H2,(H,20,22). The summed E-state index contributed by atoms with van der Waals surface area (Å²) in [7, 11) is 0. The average molecular weight is 349 g/mol. The van der Waals surface area contributed by atoms with Crippen molar-refractivity contribution < 1.29 is 19.1 Å². The highest BCUT2D eigenvalue weighted by Gasteiger charge is 2.62. The van der Waals surface area contributed by atoms with Crippen LogP contribution >= 0.6 is 0 Å². The lowest BCUT2D eigenvalue weighted by molar-refractivity contribution is -0.142. The van der Waals surface area contributed by atoms with Gasteiger partial charge in [-0.25, -0.2) is 0 Å². The first-order chi connectivity index (χ1) is 12.1. The predicted octanol–water partition coefficient (Wildman–Crippen LogP) is 0.0448. The molecule has 7 nitrogen and oxygen atoms in total. The predicted molar refractivity (Wildman–Crippen MR) is 89.4 cm³/mol. The van der Waals surface area contributed by atoms with Gasteiger partial charge in [0, 0.05) is 19.5 Å². The van der Waals surface area contributed by atoms with E-state index in [2.05, 4.69) is 10.6 Å². The van der Waals surface area contributed by atoms with Crippen LogP contribution in [0.15, 0.2) is 0 Å². The van der Waals surface area contributed by atoms with Crippen molar-refractivity contribution in [3.8, 4) is 0 Å². The van der Waals surface area contributed by atoms with E-state index in [1.165, 1.54) is 17.7 Å². The fourth-order valence-corrected chi connectivity index (χ4v) is 4.88. The topological polar surface area (TPSA) is 87.7 Å². The Morgan fingerprint density at radius 2 is 1.88 bits per heavy atom. The first-order valence-electron chi connectivity index (χ1n) is 9.63. The maximum atomic E-state index is 12.5. The van der Waals surface area contributed by atoms with Crippen molar-refractivity contribution in [3.63, 3.8) is 0 Å². The molecule has 3 amide bonds. The van der Waals surface area contributed by atoms with E-state index < -0.39 is 0 Å². The van der Waals surface area contributed by atoms with E-state index in [-0.39, 0.29) is 54.7 Å². The van der Waals surface area contributed by atoms with Crippen LogP contribution in [-0.2, 0) is 19.1 Å². The summed E-state index contributed by atoms with van der Waals surface area (Å²) < 4.78 is 5.71. The number of ether oxygens (including phenoxy) is 1. The van der Waals surface area contributed by atoms with Crippen LogP contribution in [0.25, 0.3) is 0 Å². The molecule has 0 aromatic rings. The van der Waals surface area contributed by atoms with Gasteiger partial charge in [-0.2, -0.15) is 0 Å². The Bertz CT molecular complexity index is 533. The van der Waals surface area contributed by atoms with Crippen molar-refractivity contribution in [2.75, 3.05) is 26.2 Å². The summed E-state index contributed by atoms with van der Waals surface area (Å²) in [5.74, 6) is -0.320. The van der Waals surface area contributed by atoms with Crippen LogP contribution in [0.1, 0.15) is 38.5 Å². The van der Waals surface area contributed by atoms with E-state index >= 15 is 0 Å². The fourth-order valence-electron chi connectivity index (χ4n) is 4.88. The minimum atomic E-state index is -0.298. The molecule has 0 aromatic carbocycles. The average Bonchev–Trinajstić information content (AvgIpc) is 3.29. The Labute approximate surface area is 147 Å². The molecule has 25 heavy (non-hydrogen) atoms. The third-order valence-corrected chi connectivity index (χ3v) is 6.21. The molecule has 0 aromatic heterocycles. The maximum Gasteiger partial charge on any atom is 0.235 e. The van der Waals surface area contributed by atoms with Crippen LogP contribution in [0.4, 0.5) is 0 Å². The number of amides is 3. The quantitative estimate of drug-likeness (QED) is 0.662. The Morgan fingerprint density at radius 3 is 2.52 bits per heavy atom. The fraction of sp³-hybridized carbons (Fsp3) is 0.833. The number of likely N-dealkylation sites (tertiary alicyclic amines) is 1. The van der Waals surface area contributed by atoms with Crippen LogP contribution < -0.4 is 10.6 Å². The third kappa shape index (κ3) is 3.19. The number of nitrogens with zero attached hydrogens (tertiary/aromatic N) is 1. The normalized spacial score (nSPS) is 36.8. The number of hydrogen-bond donors (Lipinski definition) is 2. The molecule has 0 saturated carbocycles. The number of carbonyl (C=O) groups excluding carboxylic acids is 3. The molecule has 5 atom stereocenters. The second-order valence-electron chi connectivity index (χ2n) is 7.77.